The number of hydrogen-bond acceptors (Lipinski definition) is 11. The van der Waals surface area contributed by atoms with Gasteiger partial charge in [0.1, 0.15) is 17.6 Å². The molecule has 2 aliphatic carbocycles. The van der Waals surface area contributed by atoms with E-state index in [0.717, 1.165) is 22.2 Å². The molecule has 2 aromatic heterocycles. The van der Waals surface area contributed by atoms with Crippen LogP contribution in [0.4, 0.5) is 0 Å². The molecule has 3 aromatic rings. The monoisotopic (exact) mass is 813 g/mol. The van der Waals surface area contributed by atoms with E-state index in [2.05, 4.69) is 16.3 Å². The number of ether oxygens (including phenoxy) is 3. The Hall–Kier alpha value is -4.89. The number of sulfonamides is 1. The highest BCUT2D eigenvalue weighted by molar-refractivity contribution is 7.90. The normalized spacial score (nSPS) is 24.8. The van der Waals surface area contributed by atoms with Gasteiger partial charge in [-0.2, -0.15) is 0 Å². The Morgan fingerprint density at radius 2 is 1.86 bits per heavy atom. The van der Waals surface area contributed by atoms with Gasteiger partial charge in [0.2, 0.25) is 27.7 Å². The Kier molecular flexibility index (Phi) is 10.6. The number of pyridine rings is 2. The fourth-order valence-electron chi connectivity index (χ4n) is 8.68. The number of hydrogen-bond donors (Lipinski definition) is 1. The van der Waals surface area contributed by atoms with Gasteiger partial charge in [-0.15, -0.1) is 6.58 Å². The van der Waals surface area contributed by atoms with Crippen LogP contribution in [-0.4, -0.2) is 109 Å². The molecule has 0 radical (unpaired) electrons. The second-order valence-corrected chi connectivity index (χ2v) is 19.3. The van der Waals surface area contributed by atoms with Crippen molar-refractivity contribution >= 4 is 44.4 Å². The van der Waals surface area contributed by atoms with Crippen molar-refractivity contribution in [3.05, 3.63) is 60.8 Å². The van der Waals surface area contributed by atoms with Crippen LogP contribution in [-0.2, 0) is 40.4 Å². The molecule has 2 saturated heterocycles. The van der Waals surface area contributed by atoms with E-state index in [4.69, 9.17) is 19.2 Å². The number of nitrogens with zero attached hydrogens (tertiary/aromatic N) is 4. The first-order valence-electron chi connectivity index (χ1n) is 20.2. The number of morpholine rings is 1. The molecular formula is C43H51N5O9S. The molecule has 4 fully saturated rings. The number of rotatable bonds is 13. The lowest BCUT2D eigenvalue weighted by atomic mass is 9.77. The first-order chi connectivity index (χ1) is 27.7. The number of likely N-dealkylation sites (tertiary alicyclic amines) is 1. The summed E-state index contributed by atoms with van der Waals surface area (Å²) in [5.41, 5.74) is 0.965. The Labute approximate surface area is 338 Å². The minimum Gasteiger partial charge on any atom is -0.493 e. The summed E-state index contributed by atoms with van der Waals surface area (Å²) in [6.45, 7) is 11.9. The molecule has 1 N–H and O–H groups in total. The zero-order chi connectivity index (χ0) is 41.0. The van der Waals surface area contributed by atoms with E-state index in [1.54, 1.807) is 17.2 Å². The van der Waals surface area contributed by atoms with E-state index in [9.17, 15) is 27.6 Å². The number of fused-ring (bicyclic) bond motifs is 3. The van der Waals surface area contributed by atoms with Gasteiger partial charge in [-0.1, -0.05) is 32.9 Å². The van der Waals surface area contributed by atoms with Crippen molar-refractivity contribution in [1.82, 2.24) is 24.5 Å². The lowest BCUT2D eigenvalue weighted by molar-refractivity contribution is -0.149. The van der Waals surface area contributed by atoms with E-state index < -0.39 is 56.0 Å². The largest absolute Gasteiger partial charge is 0.493 e. The molecule has 0 spiro atoms. The standard InChI is InChI=1S/C43H51N5O9S/c1-5-26-23-43(26,41(52)46-58(53,54)28-9-10-28)24-35(49)34-20-27(25-48(34)40(51)31(42(2,3)4)21-38(50)47-15-18-55-19-16-47)57-37-22-33(32-8-6-7-14-44-32)45-39-29(37)11-12-36-30(39)13-17-56-36/h5-8,11-12,14,22,26-28,31,34H,1,9-10,13,15-21,23-25H2,2-4H3,(H,46,52)/t26-,27-,31-,34+,43-/m1/s1. The lowest BCUT2D eigenvalue weighted by Gasteiger charge is -2.36. The summed E-state index contributed by atoms with van der Waals surface area (Å²) in [6, 6.07) is 10.2. The maximum absolute atomic E-state index is 14.9. The van der Waals surface area contributed by atoms with Crippen molar-refractivity contribution < 1.29 is 41.8 Å². The molecule has 8 rings (SSSR count). The molecule has 5 atom stereocenters. The van der Waals surface area contributed by atoms with Gasteiger partial charge in [0, 0.05) is 62.0 Å². The zero-order valence-corrected chi connectivity index (χ0v) is 34.1. The predicted molar refractivity (Wildman–Crippen MR) is 214 cm³/mol. The van der Waals surface area contributed by atoms with Crippen molar-refractivity contribution in [1.29, 1.82) is 0 Å². The fraction of sp³-hybridized carbons (Fsp3) is 0.535. The third-order valence-electron chi connectivity index (χ3n) is 12.4. The van der Waals surface area contributed by atoms with Crippen LogP contribution in [0.3, 0.4) is 0 Å². The third-order valence-corrected chi connectivity index (χ3v) is 14.2. The molecule has 15 heteroatoms. The Morgan fingerprint density at radius 3 is 2.53 bits per heavy atom. The summed E-state index contributed by atoms with van der Waals surface area (Å²) < 4.78 is 46.1. The maximum Gasteiger partial charge on any atom is 0.240 e. The molecule has 1 aromatic carbocycles. The molecule has 308 valence electrons. The highest BCUT2D eigenvalue weighted by Crippen LogP contribution is 2.57. The molecule has 3 aliphatic heterocycles. The molecule has 0 unspecified atom stereocenters. The van der Waals surface area contributed by atoms with Gasteiger partial charge in [-0.3, -0.25) is 28.9 Å². The van der Waals surface area contributed by atoms with Crippen LogP contribution in [0, 0.1) is 22.7 Å². The van der Waals surface area contributed by atoms with Crippen molar-refractivity contribution in [2.45, 2.75) is 83.1 Å². The maximum atomic E-state index is 14.9. The minimum atomic E-state index is -3.87. The highest BCUT2D eigenvalue weighted by atomic mass is 32.2. The highest BCUT2D eigenvalue weighted by Gasteiger charge is 2.61. The van der Waals surface area contributed by atoms with E-state index >= 15 is 0 Å². The molecule has 58 heavy (non-hydrogen) atoms. The summed E-state index contributed by atoms with van der Waals surface area (Å²) in [5, 5.41) is 0.135. The average Bonchev–Trinajstić information content (AvgIpc) is 4.09. The summed E-state index contributed by atoms with van der Waals surface area (Å²) in [4.78, 5) is 69.7. The van der Waals surface area contributed by atoms with E-state index in [1.165, 1.54) is 4.90 Å². The first-order valence-corrected chi connectivity index (χ1v) is 21.8. The van der Waals surface area contributed by atoms with E-state index in [-0.39, 0.29) is 49.8 Å². The Balaban J connectivity index is 1.12. The van der Waals surface area contributed by atoms with Gasteiger partial charge < -0.3 is 24.0 Å². The predicted octanol–water partition coefficient (Wildman–Crippen LogP) is 4.25. The second kappa shape index (κ2) is 15.4. The van der Waals surface area contributed by atoms with Gasteiger partial charge >= 0.3 is 0 Å². The van der Waals surface area contributed by atoms with E-state index in [0.29, 0.717) is 69.3 Å². The molecule has 5 aliphatic rings. The SMILES string of the molecule is C=C[C@@H]1C[C@]1(CC(=O)[C@@H]1C[C@@H](Oc2cc(-c3ccccn3)nc3c4c(ccc23)OCC4)CN1C(=O)[C@@H](CC(=O)N1CCOCC1)C(C)(C)C)C(=O)NS(=O)(=O)C1CC1. The Morgan fingerprint density at radius 1 is 1.09 bits per heavy atom. The topological polar surface area (TPSA) is 174 Å². The zero-order valence-electron chi connectivity index (χ0n) is 33.3. The molecule has 0 bridgehead atoms. The molecule has 3 amide bonds. The third kappa shape index (κ3) is 7.82. The first kappa shape index (κ1) is 39.9. The van der Waals surface area contributed by atoms with Gasteiger partial charge in [0.15, 0.2) is 5.78 Å². The number of allylic oxidation sites excluding steroid dienone is 1. The average molecular weight is 814 g/mol. The number of amides is 3. The van der Waals surface area contributed by atoms with Gasteiger partial charge in [-0.05, 0) is 54.9 Å². The van der Waals surface area contributed by atoms with Crippen LogP contribution in [0.1, 0.15) is 64.9 Å². The molecular weight excluding hydrogens is 763 g/mol. The summed E-state index contributed by atoms with van der Waals surface area (Å²) in [6.07, 6.45) is 4.31. The molecule has 14 nitrogen and oxygen atoms in total. The molecule has 2 saturated carbocycles. The number of Topliss-reactive ketones (excluding diaryl/α,β-unsaturated/α-hetero) is 1. The van der Waals surface area contributed by atoms with Gasteiger partial charge in [0.25, 0.3) is 0 Å². The summed E-state index contributed by atoms with van der Waals surface area (Å²) in [5.74, 6) is -1.52. The molecule has 5 heterocycles. The van der Waals surface area contributed by atoms with Crippen molar-refractivity contribution in [2.75, 3.05) is 39.5 Å². The van der Waals surface area contributed by atoms with Crippen LogP contribution >= 0.6 is 0 Å². The van der Waals surface area contributed by atoms with Crippen LogP contribution in [0.15, 0.2) is 55.3 Å². The minimum absolute atomic E-state index is 0.0461. The quantitative estimate of drug-likeness (QED) is 0.245. The number of ketones is 1. The lowest BCUT2D eigenvalue weighted by Crippen LogP contribution is -2.50. The van der Waals surface area contributed by atoms with Gasteiger partial charge in [0.05, 0.1) is 65.9 Å². The van der Waals surface area contributed by atoms with Crippen molar-refractivity contribution in [2.24, 2.45) is 22.7 Å². The smallest absolute Gasteiger partial charge is 0.240 e. The van der Waals surface area contributed by atoms with Crippen LogP contribution in [0.25, 0.3) is 22.3 Å². The fourth-order valence-corrected chi connectivity index (χ4v) is 10.1. The van der Waals surface area contributed by atoms with Crippen LogP contribution in [0.5, 0.6) is 11.5 Å². The van der Waals surface area contributed by atoms with Crippen molar-refractivity contribution in [3.63, 3.8) is 0 Å². The number of nitrogens with one attached hydrogen (secondary N) is 1. The second-order valence-electron chi connectivity index (χ2n) is 17.4. The number of carbonyl (C=O) groups excluding carboxylic acids is 4. The van der Waals surface area contributed by atoms with Crippen LogP contribution in [0.2, 0.25) is 0 Å². The summed E-state index contributed by atoms with van der Waals surface area (Å²) >= 11 is 0. The number of aromatic nitrogens is 2. The number of benzene rings is 1. The Bertz CT molecular complexity index is 2250. The van der Waals surface area contributed by atoms with E-state index in [1.807, 2.05) is 57.2 Å². The van der Waals surface area contributed by atoms with Crippen molar-refractivity contribution in [3.8, 4) is 22.9 Å². The number of carbonyl (C=O) groups is 4. The van der Waals surface area contributed by atoms with Gasteiger partial charge in [-0.25, -0.2) is 13.4 Å². The van der Waals surface area contributed by atoms with Crippen LogP contribution < -0.4 is 14.2 Å². The summed E-state index contributed by atoms with van der Waals surface area (Å²) in [7, 11) is -3.87.